The normalized spacial score (nSPS) is 9.75. The fourth-order valence-corrected chi connectivity index (χ4v) is 1.92. The highest BCUT2D eigenvalue weighted by molar-refractivity contribution is 5.96. The number of aliphatic hydroxyl groups is 1. The topological polar surface area (TPSA) is 53.4 Å². The van der Waals surface area contributed by atoms with E-state index in [0.717, 1.165) is 25.9 Å². The smallest absolute Gasteiger partial charge is 0.255 e. The molecular weight excluding hydrogens is 252 g/mol. The van der Waals surface area contributed by atoms with E-state index in [1.807, 2.05) is 4.90 Å². The molecule has 1 amide bonds. The maximum absolute atomic E-state index is 12.6. The molecule has 0 aliphatic heterocycles. The molecule has 1 aromatic heterocycles. The van der Waals surface area contributed by atoms with Gasteiger partial charge in [-0.2, -0.15) is 0 Å². The molecule has 1 N–H and O–H groups in total. The molecule has 0 saturated heterocycles. The van der Waals surface area contributed by atoms with Crippen molar-refractivity contribution in [3.05, 3.63) is 29.6 Å². The number of aromatic nitrogens is 1. The molecule has 0 saturated carbocycles. The first kappa shape index (κ1) is 16.2. The molecule has 0 bridgehead atoms. The number of hydrogen-bond acceptors (Lipinski definition) is 3. The summed E-state index contributed by atoms with van der Waals surface area (Å²) in [4.78, 5) is 18.4. The minimum absolute atomic E-state index is 0.00407. The second-order valence-electron chi connectivity index (χ2n) is 4.49. The first-order valence-corrected chi connectivity index (χ1v) is 7.07. The number of pyridine rings is 1. The molecular formula is C16H22N2O2. The standard InChI is InChI=1S/C16H22N2O2/c1-3-10-18(11-4-2)16(20)15-8-9-17-13-14(15)7-5-6-12-19/h8-9,13,19H,3-4,6,10-12H2,1-2H3. The minimum Gasteiger partial charge on any atom is -0.395 e. The fourth-order valence-electron chi connectivity index (χ4n) is 1.92. The van der Waals surface area contributed by atoms with Crippen LogP contribution in [0.15, 0.2) is 18.5 Å². The molecule has 0 aromatic carbocycles. The lowest BCUT2D eigenvalue weighted by molar-refractivity contribution is 0.0755. The quantitative estimate of drug-likeness (QED) is 0.808. The van der Waals surface area contributed by atoms with Gasteiger partial charge in [-0.25, -0.2) is 0 Å². The molecule has 1 aromatic rings. The molecule has 0 spiro atoms. The van der Waals surface area contributed by atoms with E-state index in [-0.39, 0.29) is 12.5 Å². The van der Waals surface area contributed by atoms with Gasteiger partial charge in [-0.3, -0.25) is 9.78 Å². The van der Waals surface area contributed by atoms with Crippen LogP contribution in [-0.2, 0) is 0 Å². The molecule has 4 heteroatoms. The van der Waals surface area contributed by atoms with Crippen LogP contribution in [0.5, 0.6) is 0 Å². The van der Waals surface area contributed by atoms with Gasteiger partial charge < -0.3 is 10.0 Å². The summed E-state index contributed by atoms with van der Waals surface area (Å²) in [5, 5.41) is 8.76. The van der Waals surface area contributed by atoms with Gasteiger partial charge in [0.2, 0.25) is 0 Å². The predicted molar refractivity (Wildman–Crippen MR) is 79.3 cm³/mol. The van der Waals surface area contributed by atoms with Crippen molar-refractivity contribution < 1.29 is 9.90 Å². The Balaban J connectivity index is 2.99. The van der Waals surface area contributed by atoms with Crippen molar-refractivity contribution >= 4 is 5.91 Å². The van der Waals surface area contributed by atoms with E-state index >= 15 is 0 Å². The summed E-state index contributed by atoms with van der Waals surface area (Å²) in [6.07, 6.45) is 5.48. The Labute approximate surface area is 120 Å². The molecule has 20 heavy (non-hydrogen) atoms. The first-order valence-electron chi connectivity index (χ1n) is 7.07. The van der Waals surface area contributed by atoms with Crippen LogP contribution in [-0.4, -0.2) is 40.6 Å². The maximum atomic E-state index is 12.6. The summed E-state index contributed by atoms with van der Waals surface area (Å²) in [6, 6.07) is 1.71. The zero-order valence-electron chi connectivity index (χ0n) is 12.2. The number of rotatable bonds is 6. The van der Waals surface area contributed by atoms with Gasteiger partial charge in [0.25, 0.3) is 5.91 Å². The minimum atomic E-state index is 0.00407. The molecule has 0 aliphatic carbocycles. The third-order valence-corrected chi connectivity index (χ3v) is 2.79. The van der Waals surface area contributed by atoms with Crippen molar-refractivity contribution in [2.24, 2.45) is 0 Å². The number of carbonyl (C=O) groups is 1. The lowest BCUT2D eigenvalue weighted by Gasteiger charge is -2.21. The molecule has 0 atom stereocenters. The number of hydrogen-bond donors (Lipinski definition) is 1. The van der Waals surface area contributed by atoms with Crippen LogP contribution in [0.3, 0.4) is 0 Å². The molecule has 0 unspecified atom stereocenters. The van der Waals surface area contributed by atoms with Gasteiger partial charge in [-0.05, 0) is 18.9 Å². The second-order valence-corrected chi connectivity index (χ2v) is 4.49. The van der Waals surface area contributed by atoms with E-state index in [4.69, 9.17) is 5.11 Å². The summed E-state index contributed by atoms with van der Waals surface area (Å²) in [5.74, 6) is 5.76. The Hall–Kier alpha value is -1.86. The van der Waals surface area contributed by atoms with Gasteiger partial charge in [0.1, 0.15) is 0 Å². The Kier molecular flexibility index (Phi) is 7.38. The molecule has 0 aliphatic rings. The third kappa shape index (κ3) is 4.67. The summed E-state index contributed by atoms with van der Waals surface area (Å²) in [5.41, 5.74) is 1.22. The first-order chi connectivity index (χ1) is 9.74. The van der Waals surface area contributed by atoms with Crippen LogP contribution < -0.4 is 0 Å². The van der Waals surface area contributed by atoms with Gasteiger partial charge in [-0.15, -0.1) is 0 Å². The lowest BCUT2D eigenvalue weighted by atomic mass is 10.1. The van der Waals surface area contributed by atoms with Crippen molar-refractivity contribution in [1.29, 1.82) is 0 Å². The van der Waals surface area contributed by atoms with Gasteiger partial charge >= 0.3 is 0 Å². The van der Waals surface area contributed by atoms with Crippen molar-refractivity contribution in [1.82, 2.24) is 9.88 Å². The molecule has 108 valence electrons. The zero-order chi connectivity index (χ0) is 14.8. The number of nitrogens with zero attached hydrogens (tertiary/aromatic N) is 2. The average Bonchev–Trinajstić information content (AvgIpc) is 2.47. The number of aliphatic hydroxyl groups excluding tert-OH is 1. The van der Waals surface area contributed by atoms with E-state index in [1.54, 1.807) is 18.5 Å². The molecule has 0 radical (unpaired) electrons. The third-order valence-electron chi connectivity index (χ3n) is 2.79. The van der Waals surface area contributed by atoms with Crippen LogP contribution in [0.2, 0.25) is 0 Å². The van der Waals surface area contributed by atoms with Gasteiger partial charge in [0.15, 0.2) is 0 Å². The summed E-state index contributed by atoms with van der Waals surface area (Å²) < 4.78 is 0. The highest BCUT2D eigenvalue weighted by atomic mass is 16.2. The van der Waals surface area contributed by atoms with Gasteiger partial charge in [0.05, 0.1) is 17.7 Å². The van der Waals surface area contributed by atoms with Crippen LogP contribution in [0.1, 0.15) is 49.0 Å². The Morgan fingerprint density at radius 3 is 2.65 bits per heavy atom. The Morgan fingerprint density at radius 2 is 2.05 bits per heavy atom. The van der Waals surface area contributed by atoms with Crippen LogP contribution in [0, 0.1) is 11.8 Å². The Bertz CT molecular complexity index is 483. The van der Waals surface area contributed by atoms with E-state index < -0.39 is 0 Å². The number of amides is 1. The molecule has 4 nitrogen and oxygen atoms in total. The highest BCUT2D eigenvalue weighted by Gasteiger charge is 2.16. The van der Waals surface area contributed by atoms with Crippen LogP contribution in [0.25, 0.3) is 0 Å². The van der Waals surface area contributed by atoms with E-state index in [2.05, 4.69) is 30.7 Å². The Morgan fingerprint density at radius 1 is 1.35 bits per heavy atom. The van der Waals surface area contributed by atoms with Crippen molar-refractivity contribution in [3.63, 3.8) is 0 Å². The van der Waals surface area contributed by atoms with Crippen molar-refractivity contribution in [3.8, 4) is 11.8 Å². The largest absolute Gasteiger partial charge is 0.395 e. The van der Waals surface area contributed by atoms with Crippen molar-refractivity contribution in [2.45, 2.75) is 33.1 Å². The summed E-state index contributed by atoms with van der Waals surface area (Å²) in [6.45, 7) is 5.64. The van der Waals surface area contributed by atoms with Gasteiger partial charge in [-0.1, -0.05) is 25.7 Å². The highest BCUT2D eigenvalue weighted by Crippen LogP contribution is 2.10. The molecule has 0 fully saturated rings. The molecule has 1 rings (SSSR count). The average molecular weight is 274 g/mol. The number of carbonyl (C=O) groups excluding carboxylic acids is 1. The maximum Gasteiger partial charge on any atom is 0.255 e. The second kappa shape index (κ2) is 9.11. The van der Waals surface area contributed by atoms with Gasteiger partial charge in [0, 0.05) is 31.9 Å². The lowest BCUT2D eigenvalue weighted by Crippen LogP contribution is -2.33. The fraction of sp³-hybridized carbons (Fsp3) is 0.500. The van der Waals surface area contributed by atoms with Crippen LogP contribution in [0.4, 0.5) is 0 Å². The SMILES string of the molecule is CCCN(CCC)C(=O)c1ccncc1C#CCCO. The summed E-state index contributed by atoms with van der Waals surface area (Å²) in [7, 11) is 0. The van der Waals surface area contributed by atoms with E-state index in [1.165, 1.54) is 0 Å². The summed E-state index contributed by atoms with van der Waals surface area (Å²) >= 11 is 0. The van der Waals surface area contributed by atoms with E-state index in [9.17, 15) is 4.79 Å². The van der Waals surface area contributed by atoms with Crippen molar-refractivity contribution in [2.75, 3.05) is 19.7 Å². The predicted octanol–water partition coefficient (Wildman–Crippen LogP) is 2.08. The van der Waals surface area contributed by atoms with Crippen LogP contribution >= 0.6 is 0 Å². The monoisotopic (exact) mass is 274 g/mol. The van der Waals surface area contributed by atoms with E-state index in [0.29, 0.717) is 17.5 Å². The zero-order valence-corrected chi connectivity index (χ0v) is 12.2. The molecule has 1 heterocycles.